The first-order chi connectivity index (χ1) is 7.68. The van der Waals surface area contributed by atoms with Gasteiger partial charge in [0.15, 0.2) is 0 Å². The molecule has 2 aliphatic rings. The van der Waals surface area contributed by atoms with Crippen LogP contribution in [0.3, 0.4) is 0 Å². The number of carbonyl (C=O) groups excluding carboxylic acids is 1. The summed E-state index contributed by atoms with van der Waals surface area (Å²) in [4.78, 5) is 22.8. The maximum atomic E-state index is 11.6. The number of Topliss-reactive ketones (excluding diaryl/α,β-unsaturated/α-hetero) is 1. The Kier molecular flexibility index (Phi) is 1.90. The molecule has 82 valence electrons. The van der Waals surface area contributed by atoms with Crippen LogP contribution < -0.4 is 0 Å². The number of fused-ring (bicyclic) bond motifs is 5. The van der Waals surface area contributed by atoms with Gasteiger partial charge in [-0.1, -0.05) is 24.3 Å². The lowest BCUT2D eigenvalue weighted by Crippen LogP contribution is -2.29. The predicted octanol–water partition coefficient (Wildman–Crippen LogP) is 1.93. The van der Waals surface area contributed by atoms with Crippen molar-refractivity contribution in [1.82, 2.24) is 0 Å². The summed E-state index contributed by atoms with van der Waals surface area (Å²) in [7, 11) is 0. The molecule has 1 fully saturated rings. The lowest BCUT2D eigenvalue weighted by Gasteiger charge is -2.25. The molecule has 2 aliphatic carbocycles. The number of carboxylic acid groups (broad SMARTS) is 1. The fraction of sp³-hybridized carbons (Fsp3) is 0.385. The molecule has 1 N–H and O–H groups in total. The molecule has 2 bridgehead atoms. The van der Waals surface area contributed by atoms with E-state index in [0.29, 0.717) is 12.8 Å². The summed E-state index contributed by atoms with van der Waals surface area (Å²) in [6.45, 7) is 0. The van der Waals surface area contributed by atoms with Gasteiger partial charge < -0.3 is 5.11 Å². The van der Waals surface area contributed by atoms with Crippen molar-refractivity contribution < 1.29 is 14.7 Å². The highest BCUT2D eigenvalue weighted by molar-refractivity contribution is 5.87. The molecule has 0 spiro atoms. The van der Waals surface area contributed by atoms with Crippen LogP contribution in [-0.2, 0) is 9.59 Å². The largest absolute Gasteiger partial charge is 0.481 e. The van der Waals surface area contributed by atoms with Crippen molar-refractivity contribution in [3.63, 3.8) is 0 Å². The molecule has 2 unspecified atom stereocenters. The van der Waals surface area contributed by atoms with Crippen molar-refractivity contribution in [2.45, 2.75) is 24.7 Å². The van der Waals surface area contributed by atoms with Crippen LogP contribution in [0.25, 0.3) is 0 Å². The molecule has 1 saturated carbocycles. The monoisotopic (exact) mass is 216 g/mol. The quantitative estimate of drug-likeness (QED) is 0.780. The van der Waals surface area contributed by atoms with E-state index in [9.17, 15) is 14.7 Å². The molecule has 0 amide bonds. The van der Waals surface area contributed by atoms with E-state index in [2.05, 4.69) is 0 Å². The van der Waals surface area contributed by atoms with Crippen LogP contribution in [0.4, 0.5) is 0 Å². The minimum absolute atomic E-state index is 0.0973. The maximum Gasteiger partial charge on any atom is 0.307 e. The van der Waals surface area contributed by atoms with Gasteiger partial charge in [0.2, 0.25) is 0 Å². The fourth-order valence-corrected chi connectivity index (χ4v) is 3.25. The molecule has 0 radical (unpaired) electrons. The summed E-state index contributed by atoms with van der Waals surface area (Å²) >= 11 is 0. The first-order valence-electron chi connectivity index (χ1n) is 5.52. The Morgan fingerprint density at radius 3 is 2.06 bits per heavy atom. The van der Waals surface area contributed by atoms with E-state index in [-0.39, 0.29) is 17.6 Å². The van der Waals surface area contributed by atoms with Gasteiger partial charge in [0.05, 0.1) is 5.92 Å². The zero-order valence-corrected chi connectivity index (χ0v) is 8.72. The Hall–Kier alpha value is -1.64. The number of aliphatic carboxylic acids is 1. The molecule has 0 aromatic heterocycles. The van der Waals surface area contributed by atoms with Crippen molar-refractivity contribution in [3.8, 4) is 0 Å². The van der Waals surface area contributed by atoms with E-state index < -0.39 is 11.9 Å². The van der Waals surface area contributed by atoms with Crippen molar-refractivity contribution in [2.24, 2.45) is 5.92 Å². The summed E-state index contributed by atoms with van der Waals surface area (Å²) in [6.07, 6.45) is 0.787. The Morgan fingerprint density at radius 2 is 1.62 bits per heavy atom. The first kappa shape index (κ1) is 9.58. The second-order valence-electron chi connectivity index (χ2n) is 4.65. The topological polar surface area (TPSA) is 54.4 Å². The summed E-state index contributed by atoms with van der Waals surface area (Å²) in [5, 5.41) is 9.27. The standard InChI is InChI=1S/C13H12O3/c14-7-5-10-8-3-1-2-4-9(8)11(6-7)12(10)13(15)16/h1-4,10-12H,5-6H2,(H,15,16). The molecule has 0 aliphatic heterocycles. The number of ketones is 1. The Balaban J connectivity index is 2.14. The second kappa shape index (κ2) is 3.17. The third-order valence-electron chi connectivity index (χ3n) is 3.84. The smallest absolute Gasteiger partial charge is 0.307 e. The normalized spacial score (nSPS) is 31.2. The Bertz CT molecular complexity index is 443. The van der Waals surface area contributed by atoms with Crippen LogP contribution in [0.2, 0.25) is 0 Å². The highest BCUT2D eigenvalue weighted by atomic mass is 16.4. The molecule has 3 heteroatoms. The highest BCUT2D eigenvalue weighted by Gasteiger charge is 2.49. The average Bonchev–Trinajstić information content (AvgIpc) is 2.47. The zero-order valence-electron chi connectivity index (χ0n) is 8.72. The summed E-state index contributed by atoms with van der Waals surface area (Å²) in [5.41, 5.74) is 2.15. The van der Waals surface area contributed by atoms with Crippen molar-refractivity contribution >= 4 is 11.8 Å². The molecule has 3 rings (SSSR count). The molecular weight excluding hydrogens is 204 g/mol. The third-order valence-corrected chi connectivity index (χ3v) is 3.84. The lowest BCUT2D eigenvalue weighted by atomic mass is 9.76. The van der Waals surface area contributed by atoms with E-state index in [1.165, 1.54) is 0 Å². The molecule has 1 aromatic rings. The molecule has 0 saturated heterocycles. The van der Waals surface area contributed by atoms with Gasteiger partial charge >= 0.3 is 5.97 Å². The van der Waals surface area contributed by atoms with Crippen LogP contribution in [-0.4, -0.2) is 16.9 Å². The van der Waals surface area contributed by atoms with E-state index in [0.717, 1.165) is 11.1 Å². The highest BCUT2D eigenvalue weighted by Crippen LogP contribution is 2.53. The number of carbonyl (C=O) groups is 2. The molecule has 16 heavy (non-hydrogen) atoms. The Morgan fingerprint density at radius 1 is 1.12 bits per heavy atom. The van der Waals surface area contributed by atoms with E-state index in [1.54, 1.807) is 0 Å². The van der Waals surface area contributed by atoms with Crippen LogP contribution in [0.5, 0.6) is 0 Å². The second-order valence-corrected chi connectivity index (χ2v) is 4.65. The van der Waals surface area contributed by atoms with Gasteiger partial charge in [-0.2, -0.15) is 0 Å². The minimum Gasteiger partial charge on any atom is -0.481 e. The van der Waals surface area contributed by atoms with E-state index in [1.807, 2.05) is 24.3 Å². The van der Waals surface area contributed by atoms with Gasteiger partial charge in [-0.3, -0.25) is 9.59 Å². The minimum atomic E-state index is -0.765. The number of hydrogen-bond donors (Lipinski definition) is 1. The number of carboxylic acids is 1. The average molecular weight is 216 g/mol. The van der Waals surface area contributed by atoms with Gasteiger partial charge in [0.25, 0.3) is 0 Å². The summed E-state index contributed by atoms with van der Waals surface area (Å²) in [5.74, 6) is -1.16. The summed E-state index contributed by atoms with van der Waals surface area (Å²) < 4.78 is 0. The molecule has 2 atom stereocenters. The van der Waals surface area contributed by atoms with Gasteiger partial charge in [-0.25, -0.2) is 0 Å². The van der Waals surface area contributed by atoms with Gasteiger partial charge in [-0.05, 0) is 11.1 Å². The van der Waals surface area contributed by atoms with Crippen LogP contribution in [0, 0.1) is 5.92 Å². The molecule has 0 heterocycles. The zero-order chi connectivity index (χ0) is 11.3. The Labute approximate surface area is 93.1 Å². The molecule has 3 nitrogen and oxygen atoms in total. The van der Waals surface area contributed by atoms with Crippen LogP contribution in [0.15, 0.2) is 24.3 Å². The fourth-order valence-electron chi connectivity index (χ4n) is 3.25. The van der Waals surface area contributed by atoms with Crippen LogP contribution >= 0.6 is 0 Å². The first-order valence-corrected chi connectivity index (χ1v) is 5.52. The van der Waals surface area contributed by atoms with Crippen molar-refractivity contribution in [1.29, 1.82) is 0 Å². The van der Waals surface area contributed by atoms with E-state index in [4.69, 9.17) is 0 Å². The molecular formula is C13H12O3. The van der Waals surface area contributed by atoms with Crippen molar-refractivity contribution in [2.75, 3.05) is 0 Å². The SMILES string of the molecule is O=C1CC2c3ccccc3C(C1)C2C(=O)O. The number of rotatable bonds is 1. The number of hydrogen-bond acceptors (Lipinski definition) is 2. The lowest BCUT2D eigenvalue weighted by molar-refractivity contribution is -0.144. The summed E-state index contributed by atoms with van der Waals surface area (Å²) in [6, 6.07) is 7.77. The number of benzene rings is 1. The maximum absolute atomic E-state index is 11.6. The third kappa shape index (κ3) is 1.14. The van der Waals surface area contributed by atoms with Gasteiger partial charge in [0.1, 0.15) is 5.78 Å². The van der Waals surface area contributed by atoms with Crippen LogP contribution in [0.1, 0.15) is 35.8 Å². The predicted molar refractivity (Wildman–Crippen MR) is 57.3 cm³/mol. The van der Waals surface area contributed by atoms with Gasteiger partial charge in [0, 0.05) is 24.7 Å². The van der Waals surface area contributed by atoms with Gasteiger partial charge in [-0.15, -0.1) is 0 Å². The van der Waals surface area contributed by atoms with Crippen molar-refractivity contribution in [3.05, 3.63) is 35.4 Å². The van der Waals surface area contributed by atoms with E-state index >= 15 is 0 Å². The molecule has 1 aromatic carbocycles.